The van der Waals surface area contributed by atoms with E-state index in [1.165, 1.54) is 10.4 Å². The minimum Gasteiger partial charge on any atom is -0.375 e. The number of hydrogen-bond donors (Lipinski definition) is 1. The first-order valence-corrected chi connectivity index (χ1v) is 8.28. The number of nitrogens with two attached hydrogens (primary N) is 1. The second-order valence-electron chi connectivity index (χ2n) is 5.34. The van der Waals surface area contributed by atoms with Crippen molar-refractivity contribution in [3.63, 3.8) is 0 Å². The van der Waals surface area contributed by atoms with Crippen molar-refractivity contribution in [2.24, 2.45) is 0 Å². The van der Waals surface area contributed by atoms with Crippen LogP contribution in [0.25, 0.3) is 0 Å². The minimum absolute atomic E-state index is 0. The number of benzene rings is 1. The molecule has 2 heterocycles. The lowest BCUT2D eigenvalue weighted by atomic mass is 10.2. The van der Waals surface area contributed by atoms with Crippen LogP contribution in [0.4, 0.5) is 5.13 Å². The Kier molecular flexibility index (Phi) is 6.47. The number of halogens is 2. The second-order valence-corrected chi connectivity index (χ2v) is 6.93. The molecule has 1 saturated heterocycles. The van der Waals surface area contributed by atoms with Crippen LogP contribution in [0.5, 0.6) is 0 Å². The van der Waals surface area contributed by atoms with E-state index in [4.69, 9.17) is 17.3 Å². The van der Waals surface area contributed by atoms with Gasteiger partial charge in [-0.05, 0) is 17.7 Å². The van der Waals surface area contributed by atoms with E-state index in [2.05, 4.69) is 26.9 Å². The molecule has 0 unspecified atom stereocenters. The van der Waals surface area contributed by atoms with Gasteiger partial charge in [-0.25, -0.2) is 4.98 Å². The lowest BCUT2D eigenvalue weighted by Gasteiger charge is -2.34. The van der Waals surface area contributed by atoms with Crippen molar-refractivity contribution < 1.29 is 0 Å². The SMILES string of the molecule is Cl.Nc1ncc(CN2CCN(Cc3ccc(Cl)cc3)CC2)s1. The zero-order valence-corrected chi connectivity index (χ0v) is 14.6. The lowest BCUT2D eigenvalue weighted by molar-refractivity contribution is 0.123. The van der Waals surface area contributed by atoms with Crippen LogP contribution in [-0.2, 0) is 13.1 Å². The Balaban J connectivity index is 0.00000176. The topological polar surface area (TPSA) is 45.4 Å². The van der Waals surface area contributed by atoms with Crippen molar-refractivity contribution in [3.05, 3.63) is 45.9 Å². The maximum Gasteiger partial charge on any atom is 0.180 e. The average molecular weight is 359 g/mol. The third-order valence-electron chi connectivity index (χ3n) is 3.74. The van der Waals surface area contributed by atoms with Gasteiger partial charge in [-0.3, -0.25) is 9.80 Å². The molecule has 0 aliphatic carbocycles. The Hall–Kier alpha value is -0.850. The van der Waals surface area contributed by atoms with Gasteiger partial charge in [-0.15, -0.1) is 23.7 Å². The maximum atomic E-state index is 5.92. The number of aromatic nitrogens is 1. The maximum absolute atomic E-state index is 5.92. The Bertz CT molecular complexity index is 579. The molecule has 3 rings (SSSR count). The van der Waals surface area contributed by atoms with Gasteiger partial charge in [0.15, 0.2) is 5.13 Å². The number of rotatable bonds is 4. The summed E-state index contributed by atoms with van der Waals surface area (Å²) >= 11 is 7.50. The Morgan fingerprint density at radius 3 is 2.18 bits per heavy atom. The molecule has 1 fully saturated rings. The van der Waals surface area contributed by atoms with E-state index in [1.54, 1.807) is 11.3 Å². The highest BCUT2D eigenvalue weighted by Gasteiger charge is 2.17. The van der Waals surface area contributed by atoms with Gasteiger partial charge in [0.25, 0.3) is 0 Å². The second kappa shape index (κ2) is 8.13. The summed E-state index contributed by atoms with van der Waals surface area (Å²) in [6.07, 6.45) is 1.89. The van der Waals surface area contributed by atoms with Crippen molar-refractivity contribution >= 4 is 40.5 Å². The van der Waals surface area contributed by atoms with Crippen molar-refractivity contribution in [1.82, 2.24) is 14.8 Å². The summed E-state index contributed by atoms with van der Waals surface area (Å²) in [5, 5.41) is 1.46. The lowest BCUT2D eigenvalue weighted by Crippen LogP contribution is -2.45. The molecule has 2 aromatic rings. The van der Waals surface area contributed by atoms with Crippen LogP contribution >= 0.6 is 35.3 Å². The van der Waals surface area contributed by atoms with Crippen molar-refractivity contribution in [2.75, 3.05) is 31.9 Å². The van der Waals surface area contributed by atoms with Crippen LogP contribution in [0.2, 0.25) is 5.02 Å². The van der Waals surface area contributed by atoms with Gasteiger partial charge < -0.3 is 5.73 Å². The van der Waals surface area contributed by atoms with Crippen molar-refractivity contribution in [2.45, 2.75) is 13.1 Å². The highest BCUT2D eigenvalue weighted by Crippen LogP contribution is 2.18. The molecule has 0 radical (unpaired) electrons. The van der Waals surface area contributed by atoms with Crippen LogP contribution in [0.3, 0.4) is 0 Å². The number of anilines is 1. The Morgan fingerprint density at radius 1 is 1.05 bits per heavy atom. The van der Waals surface area contributed by atoms with Crippen LogP contribution in [-0.4, -0.2) is 41.0 Å². The fourth-order valence-electron chi connectivity index (χ4n) is 2.57. The van der Waals surface area contributed by atoms with Gasteiger partial charge in [0.1, 0.15) is 0 Å². The van der Waals surface area contributed by atoms with Gasteiger partial charge >= 0.3 is 0 Å². The zero-order chi connectivity index (χ0) is 14.7. The molecular formula is C15H20Cl2N4S. The number of hydrogen-bond acceptors (Lipinski definition) is 5. The standard InChI is InChI=1S/C15H19ClN4S.ClH/c16-13-3-1-12(2-4-13)10-19-5-7-20(8-6-19)11-14-9-18-15(17)21-14;/h1-4,9H,5-8,10-11H2,(H2,17,18);1H. The number of nitrogens with zero attached hydrogens (tertiary/aromatic N) is 3. The normalized spacial score (nSPS) is 16.4. The Morgan fingerprint density at radius 2 is 1.64 bits per heavy atom. The first-order chi connectivity index (χ1) is 10.2. The molecule has 1 aliphatic rings. The smallest absolute Gasteiger partial charge is 0.180 e. The van der Waals surface area contributed by atoms with E-state index in [0.29, 0.717) is 5.13 Å². The van der Waals surface area contributed by atoms with Gasteiger partial charge in [0.2, 0.25) is 0 Å². The van der Waals surface area contributed by atoms with E-state index in [0.717, 1.165) is 44.3 Å². The highest BCUT2D eigenvalue weighted by atomic mass is 35.5. The molecule has 22 heavy (non-hydrogen) atoms. The molecule has 1 aliphatic heterocycles. The van der Waals surface area contributed by atoms with Crippen LogP contribution in [0.1, 0.15) is 10.4 Å². The highest BCUT2D eigenvalue weighted by molar-refractivity contribution is 7.15. The predicted octanol–water partition coefficient (Wildman–Crippen LogP) is 3.12. The molecule has 0 amide bonds. The molecule has 4 nitrogen and oxygen atoms in total. The molecule has 1 aromatic carbocycles. The van der Waals surface area contributed by atoms with E-state index in [-0.39, 0.29) is 12.4 Å². The van der Waals surface area contributed by atoms with Gasteiger partial charge in [-0.1, -0.05) is 23.7 Å². The van der Waals surface area contributed by atoms with Crippen LogP contribution in [0.15, 0.2) is 30.5 Å². The third kappa shape index (κ3) is 4.83. The van der Waals surface area contributed by atoms with Gasteiger partial charge in [0.05, 0.1) is 0 Å². The van der Waals surface area contributed by atoms with E-state index >= 15 is 0 Å². The number of nitrogen functional groups attached to an aromatic ring is 1. The largest absolute Gasteiger partial charge is 0.375 e. The summed E-state index contributed by atoms with van der Waals surface area (Å²) in [5.41, 5.74) is 7.00. The fourth-order valence-corrected chi connectivity index (χ4v) is 3.42. The molecule has 0 atom stereocenters. The molecule has 7 heteroatoms. The summed E-state index contributed by atoms with van der Waals surface area (Å²) in [6.45, 7) is 6.33. The molecule has 120 valence electrons. The van der Waals surface area contributed by atoms with E-state index in [9.17, 15) is 0 Å². The summed E-state index contributed by atoms with van der Waals surface area (Å²) in [4.78, 5) is 10.3. The van der Waals surface area contributed by atoms with E-state index in [1.807, 2.05) is 18.3 Å². The minimum atomic E-state index is 0. The molecule has 0 saturated carbocycles. The zero-order valence-electron chi connectivity index (χ0n) is 12.2. The van der Waals surface area contributed by atoms with E-state index < -0.39 is 0 Å². The molecule has 0 bridgehead atoms. The number of thiazole rings is 1. The molecule has 0 spiro atoms. The summed E-state index contributed by atoms with van der Waals surface area (Å²) in [5.74, 6) is 0. The first kappa shape index (κ1) is 17.5. The molecule has 2 N–H and O–H groups in total. The number of piperazine rings is 1. The monoisotopic (exact) mass is 358 g/mol. The Labute approximate surface area is 146 Å². The average Bonchev–Trinajstić information content (AvgIpc) is 2.89. The first-order valence-electron chi connectivity index (χ1n) is 7.08. The van der Waals surface area contributed by atoms with Crippen LogP contribution in [0, 0.1) is 0 Å². The fraction of sp³-hybridized carbons (Fsp3) is 0.400. The summed E-state index contributed by atoms with van der Waals surface area (Å²) in [6, 6.07) is 8.13. The quantitative estimate of drug-likeness (QED) is 0.911. The predicted molar refractivity (Wildman–Crippen MR) is 95.8 cm³/mol. The summed E-state index contributed by atoms with van der Waals surface area (Å²) in [7, 11) is 0. The summed E-state index contributed by atoms with van der Waals surface area (Å²) < 4.78 is 0. The van der Waals surface area contributed by atoms with Gasteiger partial charge in [-0.2, -0.15) is 0 Å². The van der Waals surface area contributed by atoms with Crippen molar-refractivity contribution in [1.29, 1.82) is 0 Å². The third-order valence-corrected chi connectivity index (χ3v) is 4.80. The van der Waals surface area contributed by atoms with Crippen LogP contribution < -0.4 is 5.73 Å². The van der Waals surface area contributed by atoms with Gasteiger partial charge in [0, 0.05) is 55.4 Å². The molecular weight excluding hydrogens is 339 g/mol. The molecule has 1 aromatic heterocycles. The van der Waals surface area contributed by atoms with Crippen molar-refractivity contribution in [3.8, 4) is 0 Å².